The summed E-state index contributed by atoms with van der Waals surface area (Å²) in [5.41, 5.74) is 1.24. The molecule has 4 nitrogen and oxygen atoms in total. The molecule has 0 aliphatic rings. The maximum atomic E-state index is 11.9. The van der Waals surface area contributed by atoms with Gasteiger partial charge in [-0.1, -0.05) is 29.3 Å². The zero-order valence-electron chi connectivity index (χ0n) is 9.66. The minimum absolute atomic E-state index is 0.0110. The minimum atomic E-state index is -0.484. The molecule has 2 aromatic rings. The number of halogens is 1. The highest BCUT2D eigenvalue weighted by molar-refractivity contribution is 6.30. The Morgan fingerprint density at radius 2 is 1.94 bits per heavy atom. The van der Waals surface area contributed by atoms with Gasteiger partial charge < -0.3 is 10.3 Å². The summed E-state index contributed by atoms with van der Waals surface area (Å²) in [5.74, 6) is -0.484. The summed E-state index contributed by atoms with van der Waals surface area (Å²) in [5, 5.41) is 2.94. The van der Waals surface area contributed by atoms with Crippen molar-refractivity contribution in [3.8, 4) is 0 Å². The van der Waals surface area contributed by atoms with Crippen molar-refractivity contribution in [2.75, 3.05) is 5.32 Å². The Balaban J connectivity index is 2.24. The summed E-state index contributed by atoms with van der Waals surface area (Å²) in [4.78, 5) is 25.8. The van der Waals surface area contributed by atoms with Gasteiger partial charge >= 0.3 is 0 Å². The van der Waals surface area contributed by atoms with Gasteiger partial charge in [0.05, 0.1) is 5.02 Å². The second-order valence-electron chi connectivity index (χ2n) is 3.88. The average Bonchev–Trinajstić information content (AvgIpc) is 2.35. The van der Waals surface area contributed by atoms with Gasteiger partial charge in [-0.2, -0.15) is 0 Å². The summed E-state index contributed by atoms with van der Waals surface area (Å²) in [7, 11) is 0. The number of aromatic nitrogens is 1. The molecule has 0 aliphatic heterocycles. The van der Waals surface area contributed by atoms with E-state index in [9.17, 15) is 9.59 Å². The van der Waals surface area contributed by atoms with Gasteiger partial charge in [-0.15, -0.1) is 0 Å². The number of pyridine rings is 1. The van der Waals surface area contributed by atoms with Gasteiger partial charge in [-0.05, 0) is 25.1 Å². The molecule has 92 valence electrons. The summed E-state index contributed by atoms with van der Waals surface area (Å²) in [6.07, 6.45) is 1.34. The predicted octanol–water partition coefficient (Wildman–Crippen LogP) is 2.59. The molecule has 0 aliphatic carbocycles. The van der Waals surface area contributed by atoms with E-state index in [1.807, 2.05) is 19.1 Å². The average molecular weight is 263 g/mol. The number of carbonyl (C=O) groups excluding carboxylic acids is 1. The highest BCUT2D eigenvalue weighted by atomic mass is 35.5. The second kappa shape index (κ2) is 5.06. The first-order valence-corrected chi connectivity index (χ1v) is 5.70. The van der Waals surface area contributed by atoms with Crippen LogP contribution in [-0.4, -0.2) is 10.9 Å². The van der Waals surface area contributed by atoms with Crippen LogP contribution in [0, 0.1) is 6.92 Å². The topological polar surface area (TPSA) is 62.0 Å². The van der Waals surface area contributed by atoms with Crippen molar-refractivity contribution in [1.82, 2.24) is 4.98 Å². The molecular formula is C13H11ClN2O2. The van der Waals surface area contributed by atoms with Crippen LogP contribution in [0.15, 0.2) is 41.3 Å². The van der Waals surface area contributed by atoms with E-state index in [2.05, 4.69) is 10.3 Å². The van der Waals surface area contributed by atoms with Gasteiger partial charge in [0.1, 0.15) is 5.56 Å². The fourth-order valence-electron chi connectivity index (χ4n) is 1.46. The number of anilines is 1. The first-order chi connectivity index (χ1) is 8.56. The SMILES string of the molecule is Cc1ccc(NC(=O)c2cc(Cl)c[nH]c2=O)cc1. The molecular weight excluding hydrogens is 252 g/mol. The first-order valence-electron chi connectivity index (χ1n) is 5.32. The molecule has 5 heteroatoms. The van der Waals surface area contributed by atoms with Crippen molar-refractivity contribution in [3.05, 3.63) is 63.0 Å². The van der Waals surface area contributed by atoms with Crippen LogP contribution in [0.2, 0.25) is 5.02 Å². The monoisotopic (exact) mass is 262 g/mol. The molecule has 0 spiro atoms. The number of benzene rings is 1. The smallest absolute Gasteiger partial charge is 0.261 e. The van der Waals surface area contributed by atoms with Crippen LogP contribution >= 0.6 is 11.6 Å². The number of aryl methyl sites for hydroxylation is 1. The summed E-state index contributed by atoms with van der Waals surface area (Å²) in [6.45, 7) is 1.95. The van der Waals surface area contributed by atoms with E-state index in [1.54, 1.807) is 12.1 Å². The molecule has 1 aromatic carbocycles. The van der Waals surface area contributed by atoms with Crippen LogP contribution in [0.4, 0.5) is 5.69 Å². The number of aromatic amines is 1. The van der Waals surface area contributed by atoms with Gasteiger partial charge in [-0.25, -0.2) is 0 Å². The molecule has 0 saturated heterocycles. The maximum Gasteiger partial charge on any atom is 0.261 e. The van der Waals surface area contributed by atoms with Crippen molar-refractivity contribution in [2.45, 2.75) is 6.92 Å². The third-order valence-electron chi connectivity index (χ3n) is 2.42. The lowest BCUT2D eigenvalue weighted by Gasteiger charge is -2.05. The number of H-pyrrole nitrogens is 1. The van der Waals surface area contributed by atoms with Crippen LogP contribution in [0.3, 0.4) is 0 Å². The zero-order valence-corrected chi connectivity index (χ0v) is 10.4. The highest BCUT2D eigenvalue weighted by Crippen LogP contribution is 2.11. The summed E-state index contributed by atoms with van der Waals surface area (Å²) in [6, 6.07) is 8.62. The normalized spacial score (nSPS) is 10.1. The van der Waals surface area contributed by atoms with Gasteiger partial charge in [0.25, 0.3) is 11.5 Å². The van der Waals surface area contributed by atoms with E-state index >= 15 is 0 Å². The molecule has 18 heavy (non-hydrogen) atoms. The summed E-state index contributed by atoms with van der Waals surface area (Å²) < 4.78 is 0. The Kier molecular flexibility index (Phi) is 3.48. The van der Waals surface area contributed by atoms with Gasteiger partial charge in [0, 0.05) is 11.9 Å². The van der Waals surface area contributed by atoms with Crippen LogP contribution < -0.4 is 10.9 Å². The number of nitrogens with one attached hydrogen (secondary N) is 2. The van der Waals surface area contributed by atoms with Crippen molar-refractivity contribution in [2.24, 2.45) is 0 Å². The van der Waals surface area contributed by atoms with Crippen LogP contribution in [0.25, 0.3) is 0 Å². The maximum absolute atomic E-state index is 11.9. The molecule has 0 fully saturated rings. The van der Waals surface area contributed by atoms with Gasteiger partial charge in [0.15, 0.2) is 0 Å². The molecule has 0 saturated carbocycles. The quantitative estimate of drug-likeness (QED) is 0.874. The summed E-state index contributed by atoms with van der Waals surface area (Å²) >= 11 is 5.73. The third-order valence-corrected chi connectivity index (χ3v) is 2.64. The van der Waals surface area contributed by atoms with Crippen LogP contribution in [0.5, 0.6) is 0 Å². The van der Waals surface area contributed by atoms with E-state index < -0.39 is 11.5 Å². The lowest BCUT2D eigenvalue weighted by molar-refractivity contribution is 0.102. The lowest BCUT2D eigenvalue weighted by atomic mass is 10.2. The Morgan fingerprint density at radius 3 is 2.61 bits per heavy atom. The van der Waals surface area contributed by atoms with Crippen molar-refractivity contribution in [3.63, 3.8) is 0 Å². The number of hydrogen-bond acceptors (Lipinski definition) is 2. The van der Waals surface area contributed by atoms with Crippen LogP contribution in [0.1, 0.15) is 15.9 Å². The van der Waals surface area contributed by atoms with Crippen LogP contribution in [-0.2, 0) is 0 Å². The Bertz CT molecular complexity index is 632. The molecule has 1 amide bonds. The van der Waals surface area contributed by atoms with E-state index in [0.29, 0.717) is 10.7 Å². The molecule has 0 bridgehead atoms. The Labute approximate surface area is 109 Å². The largest absolute Gasteiger partial charge is 0.327 e. The van der Waals surface area contributed by atoms with Gasteiger partial charge in [0.2, 0.25) is 0 Å². The van der Waals surface area contributed by atoms with E-state index in [1.165, 1.54) is 12.3 Å². The number of rotatable bonds is 2. The van der Waals surface area contributed by atoms with Gasteiger partial charge in [-0.3, -0.25) is 9.59 Å². The lowest BCUT2D eigenvalue weighted by Crippen LogP contribution is -2.22. The van der Waals surface area contributed by atoms with E-state index in [4.69, 9.17) is 11.6 Å². The minimum Gasteiger partial charge on any atom is -0.327 e. The fraction of sp³-hybridized carbons (Fsp3) is 0.0769. The fourth-order valence-corrected chi connectivity index (χ4v) is 1.62. The number of hydrogen-bond donors (Lipinski definition) is 2. The first kappa shape index (κ1) is 12.4. The molecule has 0 unspecified atom stereocenters. The Hall–Kier alpha value is -2.07. The molecule has 0 atom stereocenters. The standard InChI is InChI=1S/C13H11ClN2O2/c1-8-2-4-10(5-3-8)16-13(18)11-6-9(14)7-15-12(11)17/h2-7H,1H3,(H,15,17)(H,16,18). The number of carbonyl (C=O) groups is 1. The molecule has 1 aromatic heterocycles. The highest BCUT2D eigenvalue weighted by Gasteiger charge is 2.11. The molecule has 2 N–H and O–H groups in total. The van der Waals surface area contributed by atoms with Crippen molar-refractivity contribution in [1.29, 1.82) is 0 Å². The molecule has 2 rings (SSSR count). The van der Waals surface area contributed by atoms with E-state index in [0.717, 1.165) is 5.56 Å². The Morgan fingerprint density at radius 1 is 1.28 bits per heavy atom. The zero-order chi connectivity index (χ0) is 13.1. The second-order valence-corrected chi connectivity index (χ2v) is 4.32. The van der Waals surface area contributed by atoms with Crippen molar-refractivity contribution >= 4 is 23.2 Å². The van der Waals surface area contributed by atoms with E-state index in [-0.39, 0.29) is 5.56 Å². The predicted molar refractivity (Wildman–Crippen MR) is 71.2 cm³/mol. The number of amides is 1. The molecule has 0 radical (unpaired) electrons. The van der Waals surface area contributed by atoms with Crippen molar-refractivity contribution < 1.29 is 4.79 Å². The third kappa shape index (κ3) is 2.78. The molecule has 1 heterocycles.